The van der Waals surface area contributed by atoms with Crippen molar-refractivity contribution in [2.75, 3.05) is 7.11 Å². The molecule has 1 aromatic heterocycles. The number of aromatic hydroxyl groups is 1. The van der Waals surface area contributed by atoms with Crippen LogP contribution in [0.15, 0.2) is 72.9 Å². The van der Waals surface area contributed by atoms with Crippen LogP contribution in [0, 0.1) is 0 Å². The van der Waals surface area contributed by atoms with Gasteiger partial charge < -0.3 is 14.6 Å². The molecule has 1 atom stereocenters. The molecule has 186 valence electrons. The maximum Gasteiger partial charge on any atom is 0.131 e. The van der Waals surface area contributed by atoms with Crippen molar-refractivity contribution in [3.63, 3.8) is 0 Å². The van der Waals surface area contributed by atoms with Gasteiger partial charge in [0.15, 0.2) is 0 Å². The van der Waals surface area contributed by atoms with E-state index in [2.05, 4.69) is 29.3 Å². The van der Waals surface area contributed by atoms with Gasteiger partial charge in [-0.1, -0.05) is 63.1 Å². The number of unbranched alkanes of at least 4 members (excludes halogenated alkanes) is 2. The Labute approximate surface area is 213 Å². The molecule has 0 radical (unpaired) electrons. The lowest BCUT2D eigenvalue weighted by molar-refractivity contribution is 0.183. The van der Waals surface area contributed by atoms with E-state index in [9.17, 15) is 5.11 Å². The summed E-state index contributed by atoms with van der Waals surface area (Å²) in [5.74, 6) is 1.68. The maximum atomic E-state index is 11.5. The van der Waals surface area contributed by atoms with Gasteiger partial charge in [-0.15, -0.1) is 10.2 Å². The van der Waals surface area contributed by atoms with E-state index >= 15 is 0 Å². The van der Waals surface area contributed by atoms with Crippen LogP contribution in [0.5, 0.6) is 17.2 Å². The first-order valence-corrected chi connectivity index (χ1v) is 12.6. The fraction of sp³-hybridized carbons (Fsp3) is 0.300. The highest BCUT2D eigenvalue weighted by Gasteiger charge is 2.19. The van der Waals surface area contributed by atoms with Gasteiger partial charge in [-0.25, -0.2) is 0 Å². The van der Waals surface area contributed by atoms with Gasteiger partial charge in [0.2, 0.25) is 0 Å². The molecule has 1 unspecified atom stereocenters. The highest BCUT2D eigenvalue weighted by atomic mass is 16.5. The highest BCUT2D eigenvalue weighted by Crippen LogP contribution is 2.43. The molecular formula is C30H33N3O3. The van der Waals surface area contributed by atoms with Crippen molar-refractivity contribution < 1.29 is 14.6 Å². The number of aromatic nitrogens is 3. The Kier molecular flexibility index (Phi) is 8.50. The lowest BCUT2D eigenvalue weighted by Gasteiger charge is -2.21. The average Bonchev–Trinajstić information content (AvgIpc) is 2.93. The Morgan fingerprint density at radius 2 is 1.56 bits per heavy atom. The van der Waals surface area contributed by atoms with Gasteiger partial charge in [0.25, 0.3) is 0 Å². The minimum absolute atomic E-state index is 0.137. The van der Waals surface area contributed by atoms with Crippen molar-refractivity contribution in [2.24, 2.45) is 0 Å². The zero-order valence-electron chi connectivity index (χ0n) is 21.1. The summed E-state index contributed by atoms with van der Waals surface area (Å²) < 4.78 is 11.7. The molecule has 4 rings (SSSR count). The minimum Gasteiger partial charge on any atom is -0.507 e. The minimum atomic E-state index is 0.137. The van der Waals surface area contributed by atoms with Crippen molar-refractivity contribution in [1.82, 2.24) is 15.4 Å². The molecule has 0 saturated heterocycles. The number of ether oxygens (including phenoxy) is 2. The number of para-hydroxylation sites is 2. The van der Waals surface area contributed by atoms with Gasteiger partial charge in [-0.2, -0.15) is 0 Å². The van der Waals surface area contributed by atoms with Crippen LogP contribution in [0.2, 0.25) is 0 Å². The molecule has 0 aliphatic rings. The number of benzene rings is 3. The van der Waals surface area contributed by atoms with Gasteiger partial charge in [-0.3, -0.25) is 0 Å². The third kappa shape index (κ3) is 5.65. The van der Waals surface area contributed by atoms with Gasteiger partial charge in [0, 0.05) is 27.8 Å². The fourth-order valence-electron chi connectivity index (χ4n) is 4.35. The summed E-state index contributed by atoms with van der Waals surface area (Å²) in [5.41, 5.74) is 4.36. The third-order valence-electron chi connectivity index (χ3n) is 6.38. The van der Waals surface area contributed by atoms with Gasteiger partial charge in [0.05, 0.1) is 19.4 Å². The zero-order valence-corrected chi connectivity index (χ0v) is 21.1. The van der Waals surface area contributed by atoms with E-state index in [1.54, 1.807) is 13.3 Å². The maximum absolute atomic E-state index is 11.5. The molecule has 0 fully saturated rings. The van der Waals surface area contributed by atoms with Crippen molar-refractivity contribution in [2.45, 2.75) is 52.1 Å². The van der Waals surface area contributed by atoms with Crippen molar-refractivity contribution >= 4 is 0 Å². The number of methoxy groups -OCH3 is 1. The van der Waals surface area contributed by atoms with E-state index in [1.807, 2.05) is 66.7 Å². The molecule has 0 spiro atoms. The molecule has 6 nitrogen and oxygen atoms in total. The summed E-state index contributed by atoms with van der Waals surface area (Å²) in [7, 11) is 1.63. The summed E-state index contributed by atoms with van der Waals surface area (Å²) in [6, 6.07) is 21.2. The van der Waals surface area contributed by atoms with Crippen molar-refractivity contribution in [3.8, 4) is 50.8 Å². The number of nitrogens with zero attached hydrogens (tertiary/aromatic N) is 3. The number of rotatable bonds is 11. The predicted octanol–water partition coefficient (Wildman–Crippen LogP) is 7.32. The molecule has 6 heteroatoms. The molecule has 1 N–H and O–H groups in total. The summed E-state index contributed by atoms with van der Waals surface area (Å²) in [4.78, 5) is 0. The first-order chi connectivity index (χ1) is 17.7. The summed E-state index contributed by atoms with van der Waals surface area (Å²) >= 11 is 0. The molecule has 0 amide bonds. The predicted molar refractivity (Wildman–Crippen MR) is 143 cm³/mol. The van der Waals surface area contributed by atoms with E-state index in [1.165, 1.54) is 12.8 Å². The number of phenolic OH excluding ortho intramolecular Hbond substituents is 1. The lowest BCUT2D eigenvalue weighted by Crippen LogP contribution is -2.15. The van der Waals surface area contributed by atoms with Gasteiger partial charge in [-0.05, 0) is 54.8 Å². The van der Waals surface area contributed by atoms with Crippen molar-refractivity contribution in [1.29, 1.82) is 0 Å². The largest absolute Gasteiger partial charge is 0.507 e. The van der Waals surface area contributed by atoms with Crippen LogP contribution in [0.3, 0.4) is 0 Å². The summed E-state index contributed by atoms with van der Waals surface area (Å²) in [6.07, 6.45) is 7.26. The number of phenols is 1. The number of hydrogen-bond donors (Lipinski definition) is 1. The Bertz CT molecular complexity index is 1270. The molecular weight excluding hydrogens is 450 g/mol. The standard InChI is InChI=1S/C30H33N3O3/c1-4-6-7-11-22(5-2)36-28-15-9-8-12-24(28)25-13-10-14-26(30(25)34)27-20-31-33-32-29(27)21-16-18-23(35-3)19-17-21/h8-10,12-20,22,34H,4-7,11H2,1-3H3. The zero-order chi connectivity index (χ0) is 25.3. The van der Waals surface area contributed by atoms with Crippen LogP contribution in [0.25, 0.3) is 33.5 Å². The molecule has 3 aromatic carbocycles. The molecule has 0 saturated carbocycles. The van der Waals surface area contributed by atoms with E-state index in [0.29, 0.717) is 22.4 Å². The van der Waals surface area contributed by atoms with Crippen LogP contribution in [-0.4, -0.2) is 33.7 Å². The third-order valence-corrected chi connectivity index (χ3v) is 6.38. The van der Waals surface area contributed by atoms with E-state index in [-0.39, 0.29) is 11.9 Å². The summed E-state index contributed by atoms with van der Waals surface area (Å²) in [6.45, 7) is 4.36. The smallest absolute Gasteiger partial charge is 0.131 e. The molecule has 1 heterocycles. The van der Waals surface area contributed by atoms with E-state index < -0.39 is 0 Å². The van der Waals surface area contributed by atoms with Gasteiger partial charge >= 0.3 is 0 Å². The normalized spacial score (nSPS) is 11.8. The van der Waals surface area contributed by atoms with Crippen molar-refractivity contribution in [3.05, 3.63) is 72.9 Å². The van der Waals surface area contributed by atoms with Crippen LogP contribution < -0.4 is 9.47 Å². The quantitative estimate of drug-likeness (QED) is 0.225. The van der Waals surface area contributed by atoms with Crippen LogP contribution >= 0.6 is 0 Å². The van der Waals surface area contributed by atoms with Crippen LogP contribution in [0.1, 0.15) is 46.0 Å². The van der Waals surface area contributed by atoms with Crippen LogP contribution in [-0.2, 0) is 0 Å². The first kappa shape index (κ1) is 25.2. The first-order valence-electron chi connectivity index (χ1n) is 12.6. The fourth-order valence-corrected chi connectivity index (χ4v) is 4.35. The van der Waals surface area contributed by atoms with Gasteiger partial charge in [0.1, 0.15) is 22.9 Å². The molecule has 0 bridgehead atoms. The molecule has 4 aromatic rings. The van der Waals surface area contributed by atoms with Crippen LogP contribution in [0.4, 0.5) is 0 Å². The highest BCUT2D eigenvalue weighted by molar-refractivity contribution is 5.89. The lowest BCUT2D eigenvalue weighted by atomic mass is 9.95. The molecule has 36 heavy (non-hydrogen) atoms. The Morgan fingerprint density at radius 3 is 2.28 bits per heavy atom. The average molecular weight is 484 g/mol. The molecule has 0 aliphatic heterocycles. The second-order valence-corrected chi connectivity index (χ2v) is 8.77. The van der Waals surface area contributed by atoms with E-state index in [0.717, 1.165) is 41.9 Å². The summed E-state index contributed by atoms with van der Waals surface area (Å²) in [5, 5.41) is 23.6. The monoisotopic (exact) mass is 483 g/mol. The number of hydrogen-bond acceptors (Lipinski definition) is 6. The Morgan fingerprint density at radius 1 is 0.833 bits per heavy atom. The Balaban J connectivity index is 1.72. The second kappa shape index (κ2) is 12.2. The SMILES string of the molecule is CCCCCC(CC)Oc1ccccc1-c1cccc(-c2cnnnc2-c2ccc(OC)cc2)c1O. The van der Waals surface area contributed by atoms with E-state index in [4.69, 9.17) is 9.47 Å². The Hall–Kier alpha value is -3.93. The second-order valence-electron chi connectivity index (χ2n) is 8.77. The molecule has 0 aliphatic carbocycles. The topological polar surface area (TPSA) is 77.4 Å².